The first kappa shape index (κ1) is 13.9. The van der Waals surface area contributed by atoms with Gasteiger partial charge in [0.05, 0.1) is 12.2 Å². The fourth-order valence-corrected chi connectivity index (χ4v) is 3.48. The average molecular weight is 277 g/mol. The van der Waals surface area contributed by atoms with Gasteiger partial charge in [-0.3, -0.25) is 16.3 Å². The highest BCUT2D eigenvalue weighted by Gasteiger charge is 2.43. The monoisotopic (exact) mass is 277 g/mol. The van der Waals surface area contributed by atoms with Crippen molar-refractivity contribution in [2.45, 2.75) is 37.8 Å². The SMILES string of the molecule is Cc1cc(C(NN)C2CCOC3(CCOC3)C2)ccn1. The summed E-state index contributed by atoms with van der Waals surface area (Å²) in [5.74, 6) is 6.30. The topological polar surface area (TPSA) is 69.4 Å². The van der Waals surface area contributed by atoms with Gasteiger partial charge in [-0.05, 0) is 43.4 Å². The lowest BCUT2D eigenvalue weighted by molar-refractivity contribution is -0.103. The minimum Gasteiger partial charge on any atom is -0.378 e. The lowest BCUT2D eigenvalue weighted by Crippen LogP contribution is -2.45. The molecular formula is C15H23N3O2. The summed E-state index contributed by atoms with van der Waals surface area (Å²) in [5.41, 5.74) is 5.15. The van der Waals surface area contributed by atoms with E-state index in [0.717, 1.165) is 44.8 Å². The number of hydrogen-bond acceptors (Lipinski definition) is 5. The highest BCUT2D eigenvalue weighted by atomic mass is 16.6. The molecular weight excluding hydrogens is 254 g/mol. The molecule has 20 heavy (non-hydrogen) atoms. The van der Waals surface area contributed by atoms with Gasteiger partial charge in [0.2, 0.25) is 0 Å². The van der Waals surface area contributed by atoms with Crippen LogP contribution < -0.4 is 11.3 Å². The Bertz CT molecular complexity index is 460. The van der Waals surface area contributed by atoms with Crippen molar-refractivity contribution in [1.82, 2.24) is 10.4 Å². The van der Waals surface area contributed by atoms with Gasteiger partial charge in [-0.1, -0.05) is 0 Å². The maximum absolute atomic E-state index is 6.00. The third kappa shape index (κ3) is 2.72. The smallest absolute Gasteiger partial charge is 0.0940 e. The molecule has 2 aliphatic heterocycles. The second-order valence-electron chi connectivity index (χ2n) is 5.96. The molecule has 110 valence electrons. The summed E-state index contributed by atoms with van der Waals surface area (Å²) in [6.07, 6.45) is 4.88. The first-order valence-electron chi connectivity index (χ1n) is 7.33. The van der Waals surface area contributed by atoms with Gasteiger partial charge in [0.15, 0.2) is 0 Å². The Morgan fingerprint density at radius 2 is 2.40 bits per heavy atom. The molecule has 2 fully saturated rings. The van der Waals surface area contributed by atoms with Gasteiger partial charge in [0.1, 0.15) is 0 Å². The molecule has 2 saturated heterocycles. The molecule has 3 rings (SSSR count). The maximum atomic E-state index is 6.00. The second-order valence-corrected chi connectivity index (χ2v) is 5.96. The molecule has 3 unspecified atom stereocenters. The molecule has 3 N–H and O–H groups in total. The number of nitrogens with two attached hydrogens (primary N) is 1. The van der Waals surface area contributed by atoms with E-state index in [1.165, 1.54) is 5.56 Å². The maximum Gasteiger partial charge on any atom is 0.0940 e. The summed E-state index contributed by atoms with van der Waals surface area (Å²) < 4.78 is 11.5. The Kier molecular flexibility index (Phi) is 4.03. The van der Waals surface area contributed by atoms with Crippen LogP contribution in [0.3, 0.4) is 0 Å². The van der Waals surface area contributed by atoms with Crippen molar-refractivity contribution < 1.29 is 9.47 Å². The summed E-state index contributed by atoms with van der Waals surface area (Å²) in [6, 6.07) is 4.31. The van der Waals surface area contributed by atoms with E-state index in [2.05, 4.69) is 16.5 Å². The molecule has 0 saturated carbocycles. The van der Waals surface area contributed by atoms with Crippen LogP contribution in [0.4, 0.5) is 0 Å². The fraction of sp³-hybridized carbons (Fsp3) is 0.667. The first-order chi connectivity index (χ1) is 9.72. The second kappa shape index (κ2) is 5.77. The molecule has 1 spiro atoms. The number of hydrogen-bond donors (Lipinski definition) is 2. The number of hydrazine groups is 1. The summed E-state index contributed by atoms with van der Waals surface area (Å²) >= 11 is 0. The number of nitrogens with zero attached hydrogens (tertiary/aromatic N) is 1. The largest absolute Gasteiger partial charge is 0.378 e. The quantitative estimate of drug-likeness (QED) is 0.647. The zero-order valence-corrected chi connectivity index (χ0v) is 12.0. The van der Waals surface area contributed by atoms with Crippen LogP contribution in [0.1, 0.15) is 36.6 Å². The van der Waals surface area contributed by atoms with Crippen LogP contribution >= 0.6 is 0 Å². The van der Waals surface area contributed by atoms with Crippen molar-refractivity contribution in [1.29, 1.82) is 0 Å². The number of nitrogens with one attached hydrogen (secondary N) is 1. The normalized spacial score (nSPS) is 31.6. The predicted octanol–water partition coefficient (Wildman–Crippen LogP) is 1.48. The van der Waals surface area contributed by atoms with Gasteiger partial charge in [-0.15, -0.1) is 0 Å². The van der Waals surface area contributed by atoms with Gasteiger partial charge < -0.3 is 9.47 Å². The van der Waals surface area contributed by atoms with E-state index in [4.69, 9.17) is 15.3 Å². The van der Waals surface area contributed by atoms with Crippen LogP contribution in [-0.2, 0) is 9.47 Å². The molecule has 0 aliphatic carbocycles. The Labute approximate surface area is 119 Å². The molecule has 0 aromatic carbocycles. The van der Waals surface area contributed by atoms with Crippen molar-refractivity contribution >= 4 is 0 Å². The zero-order chi connectivity index (χ0) is 14.0. The first-order valence-corrected chi connectivity index (χ1v) is 7.33. The standard InChI is InChI=1S/C15H23N3O2/c1-11-8-12(2-5-17-11)14(18-16)13-3-6-20-15(9-13)4-7-19-10-15/h2,5,8,13-14,18H,3-4,6-7,9-10,16H2,1H3. The highest BCUT2D eigenvalue weighted by molar-refractivity contribution is 5.20. The Morgan fingerprint density at radius 3 is 3.10 bits per heavy atom. The Balaban J connectivity index is 1.78. The molecule has 3 heterocycles. The number of rotatable bonds is 3. The van der Waals surface area contributed by atoms with E-state index >= 15 is 0 Å². The lowest BCUT2D eigenvalue weighted by Gasteiger charge is -2.40. The molecule has 3 atom stereocenters. The fourth-order valence-electron chi connectivity index (χ4n) is 3.48. The number of pyridine rings is 1. The van der Waals surface area contributed by atoms with Crippen molar-refractivity contribution in [3.8, 4) is 0 Å². The van der Waals surface area contributed by atoms with Crippen molar-refractivity contribution in [2.75, 3.05) is 19.8 Å². The molecule has 0 bridgehead atoms. The van der Waals surface area contributed by atoms with E-state index in [9.17, 15) is 0 Å². The minimum absolute atomic E-state index is 0.0832. The molecule has 5 heteroatoms. The van der Waals surface area contributed by atoms with E-state index in [1.54, 1.807) is 0 Å². The summed E-state index contributed by atoms with van der Waals surface area (Å²) in [7, 11) is 0. The zero-order valence-electron chi connectivity index (χ0n) is 12.0. The van der Waals surface area contributed by atoms with Gasteiger partial charge >= 0.3 is 0 Å². The molecule has 1 aromatic rings. The minimum atomic E-state index is -0.0832. The number of aromatic nitrogens is 1. The van der Waals surface area contributed by atoms with Crippen molar-refractivity contribution in [3.05, 3.63) is 29.6 Å². The highest BCUT2D eigenvalue weighted by Crippen LogP contribution is 2.40. The Hall–Kier alpha value is -1.01. The third-order valence-electron chi connectivity index (χ3n) is 4.53. The van der Waals surface area contributed by atoms with Gasteiger partial charge in [0.25, 0.3) is 0 Å². The summed E-state index contributed by atoms with van der Waals surface area (Å²) in [5, 5.41) is 0. The summed E-state index contributed by atoms with van der Waals surface area (Å²) in [6.45, 7) is 4.32. The van der Waals surface area contributed by atoms with Crippen molar-refractivity contribution in [2.24, 2.45) is 11.8 Å². The van der Waals surface area contributed by atoms with Crippen LogP contribution in [0.15, 0.2) is 18.3 Å². The van der Waals surface area contributed by atoms with Crippen LogP contribution in [0.5, 0.6) is 0 Å². The predicted molar refractivity (Wildman–Crippen MR) is 75.9 cm³/mol. The average Bonchev–Trinajstić information content (AvgIpc) is 2.88. The molecule has 0 radical (unpaired) electrons. The third-order valence-corrected chi connectivity index (χ3v) is 4.53. The molecule has 1 aromatic heterocycles. The van der Waals surface area contributed by atoms with Gasteiger partial charge in [0, 0.05) is 37.6 Å². The number of aryl methyl sites for hydroxylation is 1. The van der Waals surface area contributed by atoms with Gasteiger partial charge in [-0.2, -0.15) is 0 Å². The van der Waals surface area contributed by atoms with Gasteiger partial charge in [-0.25, -0.2) is 0 Å². The lowest BCUT2D eigenvalue weighted by atomic mass is 9.79. The van der Waals surface area contributed by atoms with E-state index in [1.807, 2.05) is 19.2 Å². The van der Waals surface area contributed by atoms with Crippen LogP contribution in [-0.4, -0.2) is 30.4 Å². The summed E-state index contributed by atoms with van der Waals surface area (Å²) in [4.78, 5) is 4.26. The van der Waals surface area contributed by atoms with E-state index in [-0.39, 0.29) is 11.6 Å². The van der Waals surface area contributed by atoms with E-state index < -0.39 is 0 Å². The van der Waals surface area contributed by atoms with Crippen LogP contribution in [0, 0.1) is 12.8 Å². The molecule has 5 nitrogen and oxygen atoms in total. The molecule has 0 amide bonds. The number of ether oxygens (including phenoxy) is 2. The molecule has 2 aliphatic rings. The van der Waals surface area contributed by atoms with Crippen LogP contribution in [0.2, 0.25) is 0 Å². The van der Waals surface area contributed by atoms with Crippen molar-refractivity contribution in [3.63, 3.8) is 0 Å². The van der Waals surface area contributed by atoms with Crippen LogP contribution in [0.25, 0.3) is 0 Å². The van der Waals surface area contributed by atoms with E-state index in [0.29, 0.717) is 5.92 Å². The Morgan fingerprint density at radius 1 is 1.50 bits per heavy atom.